The van der Waals surface area contributed by atoms with Crippen molar-refractivity contribution in [3.8, 4) is 23.0 Å². The monoisotopic (exact) mass is 450 g/mol. The number of methoxy groups -OCH3 is 2. The van der Waals surface area contributed by atoms with Crippen molar-refractivity contribution < 1.29 is 29.2 Å². The van der Waals surface area contributed by atoms with Gasteiger partial charge in [0.1, 0.15) is 6.54 Å². The molecule has 2 N–H and O–H groups in total. The number of rotatable bonds is 9. The summed E-state index contributed by atoms with van der Waals surface area (Å²) in [7, 11) is 2.97. The standard InChI is InChI=1S/C25H26N2O6/c1-4-33-25(30)16-27-20(10-6-18-8-12-22(29)24(14-18)32-3)15-19(26-27)9-5-17-7-11-21(28)23(13-17)31-2/h5-15,28-29H,4,16H2,1-3H3. The molecule has 0 aliphatic heterocycles. The molecule has 8 heteroatoms. The molecule has 172 valence electrons. The van der Waals surface area contributed by atoms with Crippen molar-refractivity contribution in [2.24, 2.45) is 0 Å². The molecule has 0 bridgehead atoms. The molecule has 0 fully saturated rings. The fraction of sp³-hybridized carbons (Fsp3) is 0.200. The third-order valence-corrected chi connectivity index (χ3v) is 4.71. The van der Waals surface area contributed by atoms with E-state index < -0.39 is 0 Å². The lowest BCUT2D eigenvalue weighted by Crippen LogP contribution is -2.15. The first-order chi connectivity index (χ1) is 15.9. The molecule has 0 saturated carbocycles. The van der Waals surface area contributed by atoms with Gasteiger partial charge < -0.3 is 24.4 Å². The van der Waals surface area contributed by atoms with Crippen LogP contribution in [0.4, 0.5) is 0 Å². The van der Waals surface area contributed by atoms with Crippen molar-refractivity contribution in [3.05, 3.63) is 65.0 Å². The fourth-order valence-corrected chi connectivity index (χ4v) is 3.08. The SMILES string of the molecule is CCOC(=O)Cn1nc(C=Cc2ccc(O)c(OC)c2)cc1C=Cc1ccc(O)c(OC)c1. The van der Waals surface area contributed by atoms with Gasteiger partial charge in [0.05, 0.1) is 32.2 Å². The normalized spacial score (nSPS) is 11.2. The van der Waals surface area contributed by atoms with Crippen LogP contribution in [-0.2, 0) is 16.1 Å². The van der Waals surface area contributed by atoms with Crippen molar-refractivity contribution in [2.45, 2.75) is 13.5 Å². The molecule has 0 atom stereocenters. The Morgan fingerprint density at radius 1 is 0.909 bits per heavy atom. The van der Waals surface area contributed by atoms with Crippen LogP contribution in [0.15, 0.2) is 42.5 Å². The van der Waals surface area contributed by atoms with E-state index in [1.54, 1.807) is 54.1 Å². The van der Waals surface area contributed by atoms with Gasteiger partial charge in [0.15, 0.2) is 23.0 Å². The van der Waals surface area contributed by atoms with Gasteiger partial charge in [-0.2, -0.15) is 5.10 Å². The molecule has 0 saturated heterocycles. The van der Waals surface area contributed by atoms with Gasteiger partial charge in [0, 0.05) is 0 Å². The number of benzene rings is 2. The van der Waals surface area contributed by atoms with Gasteiger partial charge in [-0.05, 0) is 60.5 Å². The van der Waals surface area contributed by atoms with Gasteiger partial charge in [-0.3, -0.25) is 9.48 Å². The lowest BCUT2D eigenvalue weighted by atomic mass is 10.1. The Morgan fingerprint density at radius 2 is 1.48 bits per heavy atom. The minimum absolute atomic E-state index is 0.0344. The van der Waals surface area contributed by atoms with Crippen LogP contribution in [0.2, 0.25) is 0 Å². The number of carbonyl (C=O) groups excluding carboxylic acids is 1. The number of phenolic OH excluding ortho intramolecular Hbond substituents is 2. The molecule has 0 amide bonds. The molecule has 1 aromatic heterocycles. The van der Waals surface area contributed by atoms with Gasteiger partial charge >= 0.3 is 5.97 Å². The van der Waals surface area contributed by atoms with E-state index in [0.29, 0.717) is 22.9 Å². The summed E-state index contributed by atoms with van der Waals surface area (Å²) in [5, 5.41) is 24.0. The van der Waals surface area contributed by atoms with E-state index in [1.165, 1.54) is 14.2 Å². The van der Waals surface area contributed by atoms with Crippen LogP contribution in [0, 0.1) is 0 Å². The van der Waals surface area contributed by atoms with E-state index >= 15 is 0 Å². The Kier molecular flexibility index (Phi) is 7.75. The van der Waals surface area contributed by atoms with Crippen LogP contribution in [0.1, 0.15) is 29.4 Å². The molecule has 3 aromatic rings. The summed E-state index contributed by atoms with van der Waals surface area (Å²) in [6.45, 7) is 2.00. The van der Waals surface area contributed by atoms with Crippen molar-refractivity contribution in [1.29, 1.82) is 0 Å². The van der Waals surface area contributed by atoms with Crippen LogP contribution >= 0.6 is 0 Å². The topological polar surface area (TPSA) is 103 Å². The predicted octanol–water partition coefficient (Wildman–Crippen LogP) is 4.22. The van der Waals surface area contributed by atoms with Crippen molar-refractivity contribution >= 4 is 30.3 Å². The number of nitrogens with zero attached hydrogens (tertiary/aromatic N) is 2. The number of carbonyl (C=O) groups is 1. The smallest absolute Gasteiger partial charge is 0.327 e. The number of phenols is 2. The number of aromatic nitrogens is 2. The number of esters is 1. The zero-order valence-corrected chi connectivity index (χ0v) is 18.7. The maximum atomic E-state index is 12.0. The molecule has 2 aromatic carbocycles. The van der Waals surface area contributed by atoms with Crippen LogP contribution in [0.3, 0.4) is 0 Å². The highest BCUT2D eigenvalue weighted by Gasteiger charge is 2.10. The Labute approximate surface area is 192 Å². The quantitative estimate of drug-likeness (QED) is 0.471. The van der Waals surface area contributed by atoms with E-state index in [9.17, 15) is 15.0 Å². The largest absolute Gasteiger partial charge is 0.504 e. The molecule has 0 spiro atoms. The summed E-state index contributed by atoms with van der Waals surface area (Å²) in [6, 6.07) is 11.9. The molecule has 0 aliphatic carbocycles. The first-order valence-electron chi connectivity index (χ1n) is 10.3. The van der Waals surface area contributed by atoms with E-state index in [-0.39, 0.29) is 30.6 Å². The van der Waals surface area contributed by atoms with Crippen LogP contribution in [0.5, 0.6) is 23.0 Å². The van der Waals surface area contributed by atoms with E-state index in [2.05, 4.69) is 5.10 Å². The Bertz CT molecular complexity index is 1180. The minimum Gasteiger partial charge on any atom is -0.504 e. The van der Waals surface area contributed by atoms with E-state index in [1.807, 2.05) is 24.3 Å². The van der Waals surface area contributed by atoms with E-state index in [0.717, 1.165) is 11.1 Å². The number of hydrogen-bond acceptors (Lipinski definition) is 7. The van der Waals surface area contributed by atoms with Crippen LogP contribution < -0.4 is 9.47 Å². The molecule has 0 unspecified atom stereocenters. The number of aromatic hydroxyl groups is 2. The maximum absolute atomic E-state index is 12.0. The second-order valence-electron chi connectivity index (χ2n) is 6.99. The maximum Gasteiger partial charge on any atom is 0.327 e. The Balaban J connectivity index is 1.89. The first kappa shape index (κ1) is 23.5. The molecular weight excluding hydrogens is 424 g/mol. The molecule has 3 rings (SSSR count). The highest BCUT2D eigenvalue weighted by Crippen LogP contribution is 2.28. The Morgan fingerprint density at radius 3 is 2.03 bits per heavy atom. The first-order valence-corrected chi connectivity index (χ1v) is 10.3. The average Bonchev–Trinajstić information content (AvgIpc) is 3.19. The number of ether oxygens (including phenoxy) is 3. The summed E-state index contributed by atoms with van der Waals surface area (Å²) >= 11 is 0. The highest BCUT2D eigenvalue weighted by molar-refractivity contribution is 5.75. The van der Waals surface area contributed by atoms with Gasteiger partial charge in [-0.15, -0.1) is 0 Å². The third kappa shape index (κ3) is 6.16. The summed E-state index contributed by atoms with van der Waals surface area (Å²) in [4.78, 5) is 12.0. The second kappa shape index (κ2) is 10.9. The second-order valence-corrected chi connectivity index (χ2v) is 6.99. The zero-order valence-electron chi connectivity index (χ0n) is 18.7. The summed E-state index contributed by atoms with van der Waals surface area (Å²) in [6.07, 6.45) is 7.28. The lowest BCUT2D eigenvalue weighted by molar-refractivity contribution is -0.144. The number of hydrogen-bond donors (Lipinski definition) is 2. The highest BCUT2D eigenvalue weighted by atomic mass is 16.5. The van der Waals surface area contributed by atoms with Crippen LogP contribution in [-0.4, -0.2) is 46.8 Å². The van der Waals surface area contributed by atoms with Gasteiger partial charge in [0.25, 0.3) is 0 Å². The van der Waals surface area contributed by atoms with Crippen LogP contribution in [0.25, 0.3) is 24.3 Å². The molecule has 1 heterocycles. The predicted molar refractivity (Wildman–Crippen MR) is 126 cm³/mol. The van der Waals surface area contributed by atoms with Crippen molar-refractivity contribution in [3.63, 3.8) is 0 Å². The van der Waals surface area contributed by atoms with Crippen molar-refractivity contribution in [1.82, 2.24) is 9.78 Å². The molecule has 0 aliphatic rings. The third-order valence-electron chi connectivity index (χ3n) is 4.71. The summed E-state index contributed by atoms with van der Waals surface area (Å²) in [5.41, 5.74) is 2.95. The fourth-order valence-electron chi connectivity index (χ4n) is 3.08. The molecule has 33 heavy (non-hydrogen) atoms. The average molecular weight is 450 g/mol. The van der Waals surface area contributed by atoms with Gasteiger partial charge in [0.2, 0.25) is 0 Å². The molecular formula is C25H26N2O6. The zero-order chi connectivity index (χ0) is 23.8. The summed E-state index contributed by atoms with van der Waals surface area (Å²) < 4.78 is 16.9. The van der Waals surface area contributed by atoms with E-state index in [4.69, 9.17) is 14.2 Å². The van der Waals surface area contributed by atoms with Gasteiger partial charge in [-0.25, -0.2) is 0 Å². The molecule has 0 radical (unpaired) electrons. The van der Waals surface area contributed by atoms with Gasteiger partial charge in [-0.1, -0.05) is 24.3 Å². The molecule has 8 nitrogen and oxygen atoms in total. The minimum atomic E-state index is -0.389. The Hall–Kier alpha value is -4.20. The lowest BCUT2D eigenvalue weighted by Gasteiger charge is -2.05. The summed E-state index contributed by atoms with van der Waals surface area (Å²) in [5.74, 6) is 0.468. The van der Waals surface area contributed by atoms with Crippen molar-refractivity contribution in [2.75, 3.05) is 20.8 Å².